The van der Waals surface area contributed by atoms with Crippen LogP contribution in [0.1, 0.15) is 32.1 Å². The third-order valence-corrected chi connectivity index (χ3v) is 10.1. The fourth-order valence-electron chi connectivity index (χ4n) is 6.66. The van der Waals surface area contributed by atoms with Crippen molar-refractivity contribution < 1.29 is 13.5 Å². The standard InChI is InChI=1S/C20H39N7O3S/c1-25-12-20(28,13-25)15-6-7-21-18(8-15)27-11-16(10-23-27)31(29,30)24-17-5-3-4-14-9-22-26(2)19(14)17/h14-19,21-24,28H,3-13H2,1-2H3. The monoisotopic (exact) mass is 457 g/mol. The highest BCUT2D eigenvalue weighted by molar-refractivity contribution is 7.90. The molecule has 0 spiro atoms. The molecule has 5 rings (SSSR count). The van der Waals surface area contributed by atoms with E-state index in [4.69, 9.17) is 0 Å². The molecule has 31 heavy (non-hydrogen) atoms. The second-order valence-electron chi connectivity index (χ2n) is 10.5. The minimum absolute atomic E-state index is 0.0279. The largest absolute Gasteiger partial charge is 0.387 e. The van der Waals surface area contributed by atoms with Crippen molar-refractivity contribution >= 4 is 10.0 Å². The van der Waals surface area contributed by atoms with Gasteiger partial charge in [0.15, 0.2) is 0 Å². The Morgan fingerprint density at radius 2 is 1.90 bits per heavy atom. The van der Waals surface area contributed by atoms with Crippen molar-refractivity contribution in [1.82, 2.24) is 35.8 Å². The molecule has 4 saturated heterocycles. The van der Waals surface area contributed by atoms with Crippen LogP contribution < -0.4 is 20.9 Å². The number of likely N-dealkylation sites (N-methyl/N-ethyl adjacent to an activating group) is 2. The number of hydrogen-bond acceptors (Lipinski definition) is 9. The lowest BCUT2D eigenvalue weighted by atomic mass is 9.75. The fourth-order valence-corrected chi connectivity index (χ4v) is 8.18. The van der Waals surface area contributed by atoms with Gasteiger partial charge in [-0.2, -0.15) is 0 Å². The minimum atomic E-state index is -3.43. The van der Waals surface area contributed by atoms with Crippen LogP contribution in [0.25, 0.3) is 0 Å². The molecular weight excluding hydrogens is 418 g/mol. The second kappa shape index (κ2) is 8.44. The SMILES string of the molecule is CN1CC(O)(C2CCNC(N3CC(S(=O)(=O)NC4CCCC5CNN(C)C54)CN3)C2)C1. The van der Waals surface area contributed by atoms with Gasteiger partial charge in [0, 0.05) is 51.9 Å². The molecule has 5 N–H and O–H groups in total. The Labute approximate surface area is 186 Å². The molecule has 0 aromatic rings. The summed E-state index contributed by atoms with van der Waals surface area (Å²) in [5, 5.41) is 18.1. The van der Waals surface area contributed by atoms with E-state index in [-0.39, 0.29) is 24.2 Å². The molecule has 1 saturated carbocycles. The molecule has 178 valence electrons. The Bertz CT molecular complexity index is 760. The molecule has 4 heterocycles. The molecule has 0 amide bonds. The zero-order chi connectivity index (χ0) is 21.8. The first-order chi connectivity index (χ1) is 14.7. The highest BCUT2D eigenvalue weighted by Gasteiger charge is 2.49. The Morgan fingerprint density at radius 3 is 2.68 bits per heavy atom. The van der Waals surface area contributed by atoms with Gasteiger partial charge in [-0.15, -0.1) is 0 Å². The number of piperidine rings is 1. The average Bonchev–Trinajstić information content (AvgIpc) is 3.35. The van der Waals surface area contributed by atoms with E-state index >= 15 is 0 Å². The Balaban J connectivity index is 1.19. The van der Waals surface area contributed by atoms with Gasteiger partial charge in [0.05, 0.1) is 11.8 Å². The number of aliphatic hydroxyl groups is 1. The van der Waals surface area contributed by atoms with Crippen molar-refractivity contribution in [2.24, 2.45) is 11.8 Å². The fraction of sp³-hybridized carbons (Fsp3) is 1.00. The second-order valence-corrected chi connectivity index (χ2v) is 12.5. The third-order valence-electron chi connectivity index (χ3n) is 8.32. The lowest BCUT2D eigenvalue weighted by Crippen LogP contribution is -2.67. The van der Waals surface area contributed by atoms with Crippen molar-refractivity contribution in [2.45, 2.75) is 61.2 Å². The summed E-state index contributed by atoms with van der Waals surface area (Å²) in [4.78, 5) is 2.15. The van der Waals surface area contributed by atoms with Crippen molar-refractivity contribution in [1.29, 1.82) is 0 Å². The van der Waals surface area contributed by atoms with Crippen molar-refractivity contribution in [2.75, 3.05) is 53.4 Å². The van der Waals surface area contributed by atoms with Gasteiger partial charge < -0.3 is 15.3 Å². The number of rotatable bonds is 5. The van der Waals surface area contributed by atoms with Crippen molar-refractivity contribution in [3.63, 3.8) is 0 Å². The summed E-state index contributed by atoms with van der Waals surface area (Å²) in [6.45, 7) is 4.14. The zero-order valence-corrected chi connectivity index (χ0v) is 19.6. The molecule has 10 nitrogen and oxygen atoms in total. The van der Waals surface area contributed by atoms with Crippen molar-refractivity contribution in [3.05, 3.63) is 0 Å². The van der Waals surface area contributed by atoms with Crippen LogP contribution in [0.2, 0.25) is 0 Å². The van der Waals surface area contributed by atoms with E-state index < -0.39 is 20.9 Å². The molecular formula is C20H39N7O3S. The maximum Gasteiger partial charge on any atom is 0.217 e. The number of nitrogens with zero attached hydrogens (tertiary/aromatic N) is 3. The van der Waals surface area contributed by atoms with Gasteiger partial charge in [-0.3, -0.25) is 10.9 Å². The predicted octanol–water partition coefficient (Wildman–Crippen LogP) is -1.92. The molecule has 1 aliphatic carbocycles. The Kier molecular flexibility index (Phi) is 6.11. The zero-order valence-electron chi connectivity index (χ0n) is 18.8. The van der Waals surface area contributed by atoms with Gasteiger partial charge in [-0.25, -0.2) is 23.2 Å². The van der Waals surface area contributed by atoms with Crippen LogP contribution in [-0.2, 0) is 10.0 Å². The summed E-state index contributed by atoms with van der Waals surface area (Å²) in [6, 6.07) is 0.205. The van der Waals surface area contributed by atoms with E-state index in [1.54, 1.807) is 0 Å². The molecule has 0 aromatic heterocycles. The van der Waals surface area contributed by atoms with E-state index in [0.29, 0.717) is 19.0 Å². The van der Waals surface area contributed by atoms with Crippen LogP contribution in [0.15, 0.2) is 0 Å². The van der Waals surface area contributed by atoms with E-state index in [1.165, 1.54) is 0 Å². The lowest BCUT2D eigenvalue weighted by Gasteiger charge is -2.52. The molecule has 0 bridgehead atoms. The van der Waals surface area contributed by atoms with Crippen LogP contribution in [0.4, 0.5) is 0 Å². The molecule has 11 heteroatoms. The van der Waals surface area contributed by atoms with Crippen LogP contribution in [0.3, 0.4) is 0 Å². The molecule has 0 radical (unpaired) electrons. The van der Waals surface area contributed by atoms with Gasteiger partial charge in [-0.05, 0) is 51.1 Å². The first-order valence-corrected chi connectivity index (χ1v) is 13.4. The van der Waals surface area contributed by atoms with E-state index in [2.05, 4.69) is 35.8 Å². The van der Waals surface area contributed by atoms with Crippen LogP contribution >= 0.6 is 0 Å². The maximum absolute atomic E-state index is 13.3. The topological polar surface area (TPSA) is 112 Å². The highest BCUT2D eigenvalue weighted by atomic mass is 32.2. The maximum atomic E-state index is 13.3. The van der Waals surface area contributed by atoms with Gasteiger partial charge >= 0.3 is 0 Å². The number of hydrazine groups is 2. The summed E-state index contributed by atoms with van der Waals surface area (Å²) in [5.41, 5.74) is 6.10. The number of likely N-dealkylation sites (tertiary alicyclic amines) is 1. The third kappa shape index (κ3) is 4.29. The number of β-amino-alcohol motifs (C(OH)–C–C–N with tert-alkyl or cyclic N) is 1. The predicted molar refractivity (Wildman–Crippen MR) is 118 cm³/mol. The van der Waals surface area contributed by atoms with Gasteiger partial charge in [0.2, 0.25) is 10.0 Å². The molecule has 6 atom stereocenters. The Morgan fingerprint density at radius 1 is 1.10 bits per heavy atom. The molecule has 6 unspecified atom stereocenters. The number of hydrogen-bond donors (Lipinski definition) is 5. The van der Waals surface area contributed by atoms with Crippen LogP contribution in [0, 0.1) is 11.8 Å². The van der Waals surface area contributed by atoms with Crippen LogP contribution in [0.5, 0.6) is 0 Å². The number of sulfonamides is 1. The van der Waals surface area contributed by atoms with E-state index in [9.17, 15) is 13.5 Å². The molecule has 4 aliphatic heterocycles. The first-order valence-electron chi connectivity index (χ1n) is 11.9. The molecule has 5 fully saturated rings. The highest BCUT2D eigenvalue weighted by Crippen LogP contribution is 2.36. The van der Waals surface area contributed by atoms with E-state index in [0.717, 1.165) is 58.3 Å². The quantitative estimate of drug-likeness (QED) is 0.323. The summed E-state index contributed by atoms with van der Waals surface area (Å²) in [6.07, 6.45) is 4.98. The van der Waals surface area contributed by atoms with Gasteiger partial charge in [-0.1, -0.05) is 6.42 Å². The number of fused-ring (bicyclic) bond motifs is 1. The van der Waals surface area contributed by atoms with Gasteiger partial charge in [0.25, 0.3) is 0 Å². The lowest BCUT2D eigenvalue weighted by molar-refractivity contribution is -0.141. The Hall–Kier alpha value is -0.370. The summed E-state index contributed by atoms with van der Waals surface area (Å²) < 4.78 is 29.6. The minimum Gasteiger partial charge on any atom is -0.387 e. The number of nitrogens with one attached hydrogen (secondary N) is 4. The van der Waals surface area contributed by atoms with Crippen LogP contribution in [-0.4, -0.2) is 111 Å². The normalized spacial score (nSPS) is 42.4. The summed E-state index contributed by atoms with van der Waals surface area (Å²) in [5.74, 6) is 0.763. The molecule has 5 aliphatic rings. The molecule has 0 aromatic carbocycles. The van der Waals surface area contributed by atoms with Crippen molar-refractivity contribution in [3.8, 4) is 0 Å². The smallest absolute Gasteiger partial charge is 0.217 e. The summed E-state index contributed by atoms with van der Waals surface area (Å²) in [7, 11) is 0.628. The van der Waals surface area contributed by atoms with E-state index in [1.807, 2.05) is 14.1 Å². The average molecular weight is 458 g/mol. The van der Waals surface area contributed by atoms with Gasteiger partial charge in [0.1, 0.15) is 5.25 Å². The first kappa shape index (κ1) is 22.4. The summed E-state index contributed by atoms with van der Waals surface area (Å²) >= 11 is 0.